The van der Waals surface area contributed by atoms with E-state index < -0.39 is 0 Å². The van der Waals surface area contributed by atoms with Crippen LogP contribution in [0.3, 0.4) is 0 Å². The van der Waals surface area contributed by atoms with Crippen molar-refractivity contribution in [1.29, 1.82) is 0 Å². The number of hydrogen-bond acceptors (Lipinski definition) is 6. The summed E-state index contributed by atoms with van der Waals surface area (Å²) in [6.07, 6.45) is 4.93. The fourth-order valence-corrected chi connectivity index (χ4v) is 3.73. The molecule has 1 aliphatic rings. The zero-order valence-electron chi connectivity index (χ0n) is 13.6. The Hall–Kier alpha value is -1.76. The quantitative estimate of drug-likeness (QED) is 0.796. The van der Waals surface area contributed by atoms with Gasteiger partial charge in [0.05, 0.1) is 17.6 Å². The summed E-state index contributed by atoms with van der Waals surface area (Å²) >= 11 is 1.29. The SMILES string of the molecule is Cc1occc1-c1nnc(SCC(=O)N2[C@H](C)CCC[C@H]2C)o1. The van der Waals surface area contributed by atoms with Crippen molar-refractivity contribution in [2.75, 3.05) is 5.75 Å². The molecule has 2 aromatic rings. The van der Waals surface area contributed by atoms with E-state index in [9.17, 15) is 4.79 Å². The summed E-state index contributed by atoms with van der Waals surface area (Å²) in [7, 11) is 0. The van der Waals surface area contributed by atoms with Crippen molar-refractivity contribution in [2.24, 2.45) is 0 Å². The van der Waals surface area contributed by atoms with Crippen LogP contribution in [0.25, 0.3) is 11.5 Å². The molecule has 0 saturated carbocycles. The molecule has 3 rings (SSSR count). The molecule has 1 aliphatic heterocycles. The van der Waals surface area contributed by atoms with Crippen molar-refractivity contribution in [3.05, 3.63) is 18.1 Å². The summed E-state index contributed by atoms with van der Waals surface area (Å²) in [6, 6.07) is 2.40. The summed E-state index contributed by atoms with van der Waals surface area (Å²) in [5, 5.41) is 8.43. The normalized spacial score (nSPS) is 21.6. The average molecular weight is 335 g/mol. The van der Waals surface area contributed by atoms with Crippen LogP contribution < -0.4 is 0 Å². The highest BCUT2D eigenvalue weighted by atomic mass is 32.2. The number of rotatable bonds is 4. The second kappa shape index (κ2) is 6.78. The van der Waals surface area contributed by atoms with E-state index in [1.807, 2.05) is 11.8 Å². The van der Waals surface area contributed by atoms with Crippen LogP contribution in [-0.2, 0) is 4.79 Å². The molecule has 3 heterocycles. The number of aromatic nitrogens is 2. The molecule has 1 saturated heterocycles. The lowest BCUT2D eigenvalue weighted by atomic mass is 9.98. The van der Waals surface area contributed by atoms with Crippen molar-refractivity contribution in [3.8, 4) is 11.5 Å². The minimum Gasteiger partial charge on any atom is -0.469 e. The molecule has 2 aromatic heterocycles. The van der Waals surface area contributed by atoms with Crippen LogP contribution in [0.1, 0.15) is 38.9 Å². The lowest BCUT2D eigenvalue weighted by Gasteiger charge is -2.39. The summed E-state index contributed by atoms with van der Waals surface area (Å²) in [5.41, 5.74) is 0.786. The second-order valence-corrected chi connectivity index (χ2v) is 6.91. The van der Waals surface area contributed by atoms with Crippen LogP contribution in [0, 0.1) is 6.92 Å². The van der Waals surface area contributed by atoms with E-state index in [4.69, 9.17) is 8.83 Å². The van der Waals surface area contributed by atoms with Gasteiger partial charge in [0, 0.05) is 12.1 Å². The maximum Gasteiger partial charge on any atom is 0.277 e. The molecular formula is C16H21N3O3S. The van der Waals surface area contributed by atoms with Gasteiger partial charge >= 0.3 is 0 Å². The van der Waals surface area contributed by atoms with Gasteiger partial charge in [-0.25, -0.2) is 0 Å². The number of hydrogen-bond donors (Lipinski definition) is 0. The molecule has 1 amide bonds. The van der Waals surface area contributed by atoms with Gasteiger partial charge in [0.25, 0.3) is 11.1 Å². The fourth-order valence-electron chi connectivity index (χ4n) is 3.09. The van der Waals surface area contributed by atoms with Crippen LogP contribution in [0.2, 0.25) is 0 Å². The van der Waals surface area contributed by atoms with Gasteiger partial charge in [-0.05, 0) is 46.1 Å². The zero-order valence-corrected chi connectivity index (χ0v) is 14.4. The topological polar surface area (TPSA) is 72.4 Å². The van der Waals surface area contributed by atoms with E-state index in [0.29, 0.717) is 29.0 Å². The first-order valence-corrected chi connectivity index (χ1v) is 8.86. The van der Waals surface area contributed by atoms with Crippen molar-refractivity contribution in [3.63, 3.8) is 0 Å². The van der Waals surface area contributed by atoms with Gasteiger partial charge in [-0.1, -0.05) is 11.8 Å². The highest BCUT2D eigenvalue weighted by Gasteiger charge is 2.29. The molecule has 0 bridgehead atoms. The van der Waals surface area contributed by atoms with Crippen LogP contribution >= 0.6 is 11.8 Å². The molecule has 0 spiro atoms. The molecule has 2 atom stereocenters. The van der Waals surface area contributed by atoms with Gasteiger partial charge in [-0.15, -0.1) is 10.2 Å². The number of carbonyl (C=O) groups excluding carboxylic acids is 1. The summed E-state index contributed by atoms with van der Waals surface area (Å²) in [5.74, 6) is 1.61. The number of carbonyl (C=O) groups is 1. The molecule has 0 aliphatic carbocycles. The first kappa shape index (κ1) is 16.1. The fraction of sp³-hybridized carbons (Fsp3) is 0.562. The van der Waals surface area contributed by atoms with Crippen LogP contribution in [0.15, 0.2) is 26.4 Å². The molecule has 0 unspecified atom stereocenters. The van der Waals surface area contributed by atoms with Gasteiger partial charge < -0.3 is 13.7 Å². The second-order valence-electron chi connectivity index (χ2n) is 5.98. The molecule has 6 nitrogen and oxygen atoms in total. The van der Waals surface area contributed by atoms with Crippen LogP contribution in [0.5, 0.6) is 0 Å². The minimum absolute atomic E-state index is 0.133. The van der Waals surface area contributed by atoms with Gasteiger partial charge in [0.1, 0.15) is 5.76 Å². The number of piperidine rings is 1. The van der Waals surface area contributed by atoms with Crippen LogP contribution in [0.4, 0.5) is 0 Å². The number of amides is 1. The smallest absolute Gasteiger partial charge is 0.277 e. The molecule has 0 aromatic carbocycles. The van der Waals surface area contributed by atoms with Gasteiger partial charge in [-0.3, -0.25) is 4.79 Å². The van der Waals surface area contributed by atoms with Crippen molar-refractivity contribution in [1.82, 2.24) is 15.1 Å². The molecule has 1 fully saturated rings. The van der Waals surface area contributed by atoms with E-state index in [2.05, 4.69) is 24.0 Å². The Morgan fingerprint density at radius 1 is 1.35 bits per heavy atom. The predicted octanol–water partition coefficient (Wildman–Crippen LogP) is 3.52. The Kier molecular flexibility index (Phi) is 4.75. The Morgan fingerprint density at radius 3 is 2.74 bits per heavy atom. The summed E-state index contributed by atoms with van der Waals surface area (Å²) < 4.78 is 10.8. The van der Waals surface area contributed by atoms with E-state index in [1.54, 1.807) is 12.3 Å². The minimum atomic E-state index is 0.133. The maximum atomic E-state index is 12.5. The molecule has 0 radical (unpaired) electrons. The molecule has 124 valence electrons. The number of nitrogens with zero attached hydrogens (tertiary/aromatic N) is 3. The Morgan fingerprint density at radius 2 is 2.09 bits per heavy atom. The summed E-state index contributed by atoms with van der Waals surface area (Å²) in [4.78, 5) is 14.5. The predicted molar refractivity (Wildman–Crippen MR) is 87.1 cm³/mol. The van der Waals surface area contributed by atoms with E-state index >= 15 is 0 Å². The van der Waals surface area contributed by atoms with E-state index in [0.717, 1.165) is 24.2 Å². The molecule has 23 heavy (non-hydrogen) atoms. The average Bonchev–Trinajstić information content (AvgIpc) is 3.13. The zero-order chi connectivity index (χ0) is 16.4. The lowest BCUT2D eigenvalue weighted by Crippen LogP contribution is -2.48. The third-order valence-electron chi connectivity index (χ3n) is 4.30. The molecule has 0 N–H and O–H groups in total. The molecule has 7 heteroatoms. The first-order valence-electron chi connectivity index (χ1n) is 7.88. The maximum absolute atomic E-state index is 12.5. The number of furan rings is 1. The van der Waals surface area contributed by atoms with Gasteiger partial charge in [0.2, 0.25) is 5.91 Å². The van der Waals surface area contributed by atoms with Gasteiger partial charge in [-0.2, -0.15) is 0 Å². The number of thioether (sulfide) groups is 1. The summed E-state index contributed by atoms with van der Waals surface area (Å²) in [6.45, 7) is 6.07. The lowest BCUT2D eigenvalue weighted by molar-refractivity contribution is -0.134. The largest absolute Gasteiger partial charge is 0.469 e. The molecular weight excluding hydrogens is 314 g/mol. The van der Waals surface area contributed by atoms with E-state index in [-0.39, 0.29) is 5.91 Å². The Balaban J connectivity index is 1.61. The first-order chi connectivity index (χ1) is 11.1. The van der Waals surface area contributed by atoms with Gasteiger partial charge in [0.15, 0.2) is 0 Å². The van der Waals surface area contributed by atoms with Crippen molar-refractivity contribution < 1.29 is 13.6 Å². The van der Waals surface area contributed by atoms with Crippen LogP contribution in [-0.4, -0.2) is 38.8 Å². The standard InChI is InChI=1S/C16H21N3O3S/c1-10-5-4-6-11(2)19(10)14(20)9-23-16-18-17-15(22-16)13-7-8-21-12(13)3/h7-8,10-11H,4-6,9H2,1-3H3/t10-,11-/m1/s1. The monoisotopic (exact) mass is 335 g/mol. The number of likely N-dealkylation sites (tertiary alicyclic amines) is 1. The Labute approximate surface area is 139 Å². The Bertz CT molecular complexity index is 672. The van der Waals surface area contributed by atoms with Crippen molar-refractivity contribution >= 4 is 17.7 Å². The highest BCUT2D eigenvalue weighted by Crippen LogP contribution is 2.28. The number of aryl methyl sites for hydroxylation is 1. The third kappa shape index (κ3) is 3.44. The third-order valence-corrected chi connectivity index (χ3v) is 5.10. The van der Waals surface area contributed by atoms with E-state index in [1.165, 1.54) is 18.2 Å². The highest BCUT2D eigenvalue weighted by molar-refractivity contribution is 7.99. The van der Waals surface area contributed by atoms with Crippen molar-refractivity contribution in [2.45, 2.75) is 57.3 Å².